The van der Waals surface area contributed by atoms with Gasteiger partial charge in [0.1, 0.15) is 0 Å². The number of rotatable bonds is 2. The highest BCUT2D eigenvalue weighted by Crippen LogP contribution is 2.24. The van der Waals surface area contributed by atoms with E-state index < -0.39 is 0 Å². The molecule has 1 aromatic heterocycles. The summed E-state index contributed by atoms with van der Waals surface area (Å²) >= 11 is 0. The van der Waals surface area contributed by atoms with E-state index in [-0.39, 0.29) is 6.61 Å². The number of benzene rings is 2. The van der Waals surface area contributed by atoms with Gasteiger partial charge in [0.05, 0.1) is 6.61 Å². The Morgan fingerprint density at radius 2 is 1.82 bits per heavy atom. The summed E-state index contributed by atoms with van der Waals surface area (Å²) in [5.41, 5.74) is 4.37. The van der Waals surface area contributed by atoms with Gasteiger partial charge in [-0.1, -0.05) is 30.3 Å². The van der Waals surface area contributed by atoms with Crippen LogP contribution < -0.4 is 0 Å². The van der Waals surface area contributed by atoms with Crippen molar-refractivity contribution >= 4 is 10.9 Å². The van der Waals surface area contributed by atoms with Gasteiger partial charge in [-0.2, -0.15) is 0 Å². The number of aliphatic hydroxyl groups is 1. The summed E-state index contributed by atoms with van der Waals surface area (Å²) in [7, 11) is 0. The van der Waals surface area contributed by atoms with Crippen molar-refractivity contribution in [3.63, 3.8) is 0 Å². The normalized spacial score (nSPS) is 10.9. The van der Waals surface area contributed by atoms with Crippen LogP contribution in [-0.4, -0.2) is 10.1 Å². The van der Waals surface area contributed by atoms with Gasteiger partial charge in [0, 0.05) is 11.7 Å². The smallest absolute Gasteiger partial charge is 0.0682 e. The fourth-order valence-electron chi connectivity index (χ4n) is 2.08. The van der Waals surface area contributed by atoms with Crippen molar-refractivity contribution in [2.24, 2.45) is 0 Å². The van der Waals surface area contributed by atoms with Crippen LogP contribution in [0.5, 0.6) is 0 Å². The molecule has 0 spiro atoms. The van der Waals surface area contributed by atoms with E-state index >= 15 is 0 Å². The molecule has 2 N–H and O–H groups in total. The van der Waals surface area contributed by atoms with Crippen molar-refractivity contribution in [2.75, 3.05) is 0 Å². The molecule has 0 atom stereocenters. The number of aromatic nitrogens is 1. The molecule has 3 aromatic rings. The molecule has 0 aliphatic rings. The predicted molar refractivity (Wildman–Crippen MR) is 69.7 cm³/mol. The third-order valence-corrected chi connectivity index (χ3v) is 3.00. The highest BCUT2D eigenvalue weighted by atomic mass is 16.3. The minimum atomic E-state index is 0.0819. The Hall–Kier alpha value is -2.06. The van der Waals surface area contributed by atoms with Crippen LogP contribution in [0.25, 0.3) is 22.0 Å². The number of fused-ring (bicyclic) bond motifs is 1. The number of hydrogen-bond acceptors (Lipinski definition) is 1. The highest BCUT2D eigenvalue weighted by molar-refractivity contribution is 5.84. The Bertz CT molecular complexity index is 655. The molecule has 0 fully saturated rings. The average Bonchev–Trinajstić information content (AvgIpc) is 2.86. The van der Waals surface area contributed by atoms with E-state index in [1.54, 1.807) is 0 Å². The lowest BCUT2D eigenvalue weighted by atomic mass is 10.0. The molecule has 17 heavy (non-hydrogen) atoms. The lowest BCUT2D eigenvalue weighted by Gasteiger charge is -2.04. The second-order valence-corrected chi connectivity index (χ2v) is 4.14. The molecule has 0 saturated heterocycles. The topological polar surface area (TPSA) is 36.0 Å². The Morgan fingerprint density at radius 1 is 0.941 bits per heavy atom. The van der Waals surface area contributed by atoms with Crippen LogP contribution in [0.2, 0.25) is 0 Å². The Morgan fingerprint density at radius 3 is 2.71 bits per heavy atom. The SMILES string of the molecule is OCc1cccc(-c2ccc3cc[nH]c3c2)c1. The zero-order valence-electron chi connectivity index (χ0n) is 9.35. The van der Waals surface area contributed by atoms with Crippen molar-refractivity contribution in [3.05, 3.63) is 60.3 Å². The van der Waals surface area contributed by atoms with E-state index in [0.717, 1.165) is 22.2 Å². The van der Waals surface area contributed by atoms with Crippen LogP contribution >= 0.6 is 0 Å². The van der Waals surface area contributed by atoms with Gasteiger partial charge in [0.25, 0.3) is 0 Å². The van der Waals surface area contributed by atoms with Gasteiger partial charge in [-0.05, 0) is 40.3 Å². The molecule has 0 bridgehead atoms. The Balaban J connectivity index is 2.12. The molecular weight excluding hydrogens is 210 g/mol. The lowest BCUT2D eigenvalue weighted by Crippen LogP contribution is -1.84. The van der Waals surface area contributed by atoms with E-state index in [1.807, 2.05) is 24.4 Å². The second kappa shape index (κ2) is 4.07. The minimum absolute atomic E-state index is 0.0819. The van der Waals surface area contributed by atoms with E-state index in [2.05, 4.69) is 35.3 Å². The van der Waals surface area contributed by atoms with Crippen molar-refractivity contribution in [1.82, 2.24) is 4.98 Å². The van der Waals surface area contributed by atoms with Crippen LogP contribution in [0.3, 0.4) is 0 Å². The first-order chi connectivity index (χ1) is 8.36. The maximum absolute atomic E-state index is 9.14. The van der Waals surface area contributed by atoms with E-state index in [4.69, 9.17) is 5.11 Å². The van der Waals surface area contributed by atoms with Crippen LogP contribution in [0.4, 0.5) is 0 Å². The molecule has 1 heterocycles. The predicted octanol–water partition coefficient (Wildman–Crippen LogP) is 3.33. The standard InChI is InChI=1S/C15H13NO/c17-10-11-2-1-3-13(8-11)14-5-4-12-6-7-16-15(12)9-14/h1-9,16-17H,10H2. The summed E-state index contributed by atoms with van der Waals surface area (Å²) < 4.78 is 0. The summed E-state index contributed by atoms with van der Waals surface area (Å²) in [6, 6.07) is 16.4. The largest absolute Gasteiger partial charge is 0.392 e. The fraction of sp³-hybridized carbons (Fsp3) is 0.0667. The van der Waals surface area contributed by atoms with Crippen molar-refractivity contribution in [2.45, 2.75) is 6.61 Å². The first kappa shape index (κ1) is 10.1. The summed E-state index contributed by atoms with van der Waals surface area (Å²) in [6.07, 6.45) is 1.94. The molecule has 3 rings (SSSR count). The summed E-state index contributed by atoms with van der Waals surface area (Å²) in [5.74, 6) is 0. The van der Waals surface area contributed by atoms with Gasteiger partial charge >= 0.3 is 0 Å². The molecule has 2 aromatic carbocycles. The number of aliphatic hydroxyl groups excluding tert-OH is 1. The molecule has 0 aliphatic carbocycles. The van der Waals surface area contributed by atoms with Crippen molar-refractivity contribution in [1.29, 1.82) is 0 Å². The molecular formula is C15H13NO. The molecule has 0 aliphatic heterocycles. The zero-order chi connectivity index (χ0) is 11.7. The molecule has 2 heteroatoms. The molecule has 84 valence electrons. The van der Waals surface area contributed by atoms with Crippen molar-refractivity contribution in [3.8, 4) is 11.1 Å². The summed E-state index contributed by atoms with van der Waals surface area (Å²) in [6.45, 7) is 0.0819. The van der Waals surface area contributed by atoms with Crippen LogP contribution in [0.1, 0.15) is 5.56 Å². The maximum Gasteiger partial charge on any atom is 0.0682 e. The lowest BCUT2D eigenvalue weighted by molar-refractivity contribution is 0.282. The number of aromatic amines is 1. The fourth-order valence-corrected chi connectivity index (χ4v) is 2.08. The number of nitrogens with one attached hydrogen (secondary N) is 1. The highest BCUT2D eigenvalue weighted by Gasteiger charge is 2.01. The third kappa shape index (κ3) is 1.83. The first-order valence-electron chi connectivity index (χ1n) is 5.64. The van der Waals surface area contributed by atoms with E-state index in [9.17, 15) is 0 Å². The monoisotopic (exact) mass is 223 g/mol. The van der Waals surface area contributed by atoms with Gasteiger partial charge < -0.3 is 10.1 Å². The molecule has 0 amide bonds. The second-order valence-electron chi connectivity index (χ2n) is 4.14. The van der Waals surface area contributed by atoms with Gasteiger partial charge in [-0.25, -0.2) is 0 Å². The third-order valence-electron chi connectivity index (χ3n) is 3.00. The van der Waals surface area contributed by atoms with Gasteiger partial charge in [0.2, 0.25) is 0 Å². The zero-order valence-corrected chi connectivity index (χ0v) is 9.35. The number of H-pyrrole nitrogens is 1. The van der Waals surface area contributed by atoms with Crippen molar-refractivity contribution < 1.29 is 5.11 Å². The molecule has 0 unspecified atom stereocenters. The summed E-state index contributed by atoms with van der Waals surface area (Å²) in [4.78, 5) is 3.21. The molecule has 0 saturated carbocycles. The number of hydrogen-bond donors (Lipinski definition) is 2. The van der Waals surface area contributed by atoms with Crippen LogP contribution in [0.15, 0.2) is 54.7 Å². The Labute approximate surface area is 99.5 Å². The van der Waals surface area contributed by atoms with Crippen LogP contribution in [-0.2, 0) is 6.61 Å². The van der Waals surface area contributed by atoms with E-state index in [1.165, 1.54) is 5.39 Å². The average molecular weight is 223 g/mol. The summed E-state index contributed by atoms with van der Waals surface area (Å²) in [5, 5.41) is 10.4. The van der Waals surface area contributed by atoms with Gasteiger partial charge in [0.15, 0.2) is 0 Å². The van der Waals surface area contributed by atoms with Gasteiger partial charge in [-0.3, -0.25) is 0 Å². The molecule has 2 nitrogen and oxygen atoms in total. The minimum Gasteiger partial charge on any atom is -0.392 e. The van der Waals surface area contributed by atoms with E-state index in [0.29, 0.717) is 0 Å². The first-order valence-corrected chi connectivity index (χ1v) is 5.64. The van der Waals surface area contributed by atoms with Gasteiger partial charge in [-0.15, -0.1) is 0 Å². The molecule has 0 radical (unpaired) electrons. The maximum atomic E-state index is 9.14. The quantitative estimate of drug-likeness (QED) is 0.686. The Kier molecular flexibility index (Phi) is 2.42. The van der Waals surface area contributed by atoms with Crippen LogP contribution in [0, 0.1) is 0 Å².